The van der Waals surface area contributed by atoms with Crippen molar-refractivity contribution in [1.82, 2.24) is 14.9 Å². The lowest BCUT2D eigenvalue weighted by Crippen LogP contribution is -2.46. The first kappa shape index (κ1) is 40.5. The molecule has 1 saturated heterocycles. The summed E-state index contributed by atoms with van der Waals surface area (Å²) >= 11 is 3.71. The molecule has 0 radical (unpaired) electrons. The molecular formula is C39H45BBrFN4O8. The van der Waals surface area contributed by atoms with Gasteiger partial charge >= 0.3 is 18.9 Å². The number of alkyl carbamates (subject to hydrolysis) is 1. The van der Waals surface area contributed by atoms with Crippen molar-refractivity contribution in [2.24, 2.45) is 7.05 Å². The van der Waals surface area contributed by atoms with E-state index in [0.717, 1.165) is 43.0 Å². The molecular weight excluding hydrogens is 762 g/mol. The lowest BCUT2D eigenvalue weighted by molar-refractivity contribution is -0.00888. The summed E-state index contributed by atoms with van der Waals surface area (Å²) in [7, 11) is 2.00. The molecule has 54 heavy (non-hydrogen) atoms. The van der Waals surface area contributed by atoms with Gasteiger partial charge in [0.25, 0.3) is 11.5 Å². The molecule has 12 nitrogen and oxygen atoms in total. The van der Waals surface area contributed by atoms with Gasteiger partial charge in [-0.15, -0.1) is 0 Å². The van der Waals surface area contributed by atoms with Gasteiger partial charge in [0.05, 0.1) is 24.9 Å². The molecule has 0 aliphatic carbocycles. The van der Waals surface area contributed by atoms with Crippen LogP contribution in [-0.4, -0.2) is 52.6 Å². The third-order valence-corrected chi connectivity index (χ3v) is 10.9. The molecule has 1 unspecified atom stereocenters. The Balaban J connectivity index is 1.37. The lowest BCUT2D eigenvalue weighted by Gasteiger charge is -2.37. The Morgan fingerprint density at radius 1 is 1.06 bits per heavy atom. The summed E-state index contributed by atoms with van der Waals surface area (Å²) in [6.07, 6.45) is 0.878. The summed E-state index contributed by atoms with van der Waals surface area (Å²) in [6, 6.07) is 12.5. The van der Waals surface area contributed by atoms with Crippen molar-refractivity contribution in [2.75, 3.05) is 12.4 Å². The molecule has 2 heterocycles. The molecule has 3 aromatic carbocycles. The van der Waals surface area contributed by atoms with E-state index < -0.39 is 53.0 Å². The van der Waals surface area contributed by atoms with Gasteiger partial charge in [0.2, 0.25) is 0 Å². The Labute approximate surface area is 322 Å². The van der Waals surface area contributed by atoms with E-state index in [0.29, 0.717) is 17.7 Å². The van der Waals surface area contributed by atoms with Crippen LogP contribution in [0.4, 0.5) is 14.9 Å². The molecule has 0 saturated carbocycles. The van der Waals surface area contributed by atoms with Crippen LogP contribution in [-0.2, 0) is 34.1 Å². The maximum absolute atomic E-state index is 15.6. The molecule has 15 heteroatoms. The molecule has 4 aromatic rings. The average molecular weight is 808 g/mol. The predicted octanol–water partition coefficient (Wildman–Crippen LogP) is 6.07. The van der Waals surface area contributed by atoms with Crippen LogP contribution < -0.4 is 32.1 Å². The second-order valence-electron chi connectivity index (χ2n) is 15.0. The minimum atomic E-state index is -0.819. The number of nitrogens with one attached hydrogen (secondary N) is 3. The molecule has 0 spiro atoms. The van der Waals surface area contributed by atoms with Crippen LogP contribution in [0.1, 0.15) is 74.2 Å². The number of aromatic nitrogens is 2. The Kier molecular flexibility index (Phi) is 11.4. The number of aromatic amines is 1. The number of amides is 2. The summed E-state index contributed by atoms with van der Waals surface area (Å²) < 4.78 is 41.4. The standard InChI is InChI=1S/C39H45BBrFN4O8/c1-21-25(24-16-29(42)26(31(17-24)51-10)19-44-36(50)52-37(3,4)5)12-11-13-28(21)40-53-38(6,7)39(8,54-40)18-23-14-15-30(22(2)32(23)41)45-33(47)27-20-43-35(49)46(9)34(27)48/h11-17,20H,18-19H2,1-10H3,(H,43,49)(H,44,50)(H,45,47). The van der Waals surface area contributed by atoms with Crippen molar-refractivity contribution < 1.29 is 32.8 Å². The number of methoxy groups -OCH3 is 1. The third kappa shape index (κ3) is 8.18. The highest BCUT2D eigenvalue weighted by Crippen LogP contribution is 2.42. The van der Waals surface area contributed by atoms with Crippen LogP contribution in [0.5, 0.6) is 5.75 Å². The Hall–Kier alpha value is -4.73. The first-order chi connectivity index (χ1) is 25.2. The predicted molar refractivity (Wildman–Crippen MR) is 209 cm³/mol. The SMILES string of the molecule is COc1cc(-c2cccc(B3OC(C)(C)C(C)(Cc4ccc(NC(=O)c5c[nH]c(=O)n(C)c5=O)c(C)c4Br)O3)c2C)cc(F)c1CNC(=O)OC(C)(C)C. The van der Waals surface area contributed by atoms with Crippen LogP contribution >= 0.6 is 15.9 Å². The van der Waals surface area contributed by atoms with Gasteiger partial charge < -0.3 is 34.4 Å². The van der Waals surface area contributed by atoms with Gasteiger partial charge in [0.15, 0.2) is 0 Å². The number of carbonyl (C=O) groups is 2. The van der Waals surface area contributed by atoms with Gasteiger partial charge in [-0.1, -0.05) is 40.2 Å². The van der Waals surface area contributed by atoms with E-state index in [9.17, 15) is 19.2 Å². The zero-order chi connectivity index (χ0) is 39.9. The number of anilines is 1. The van der Waals surface area contributed by atoms with Crippen LogP contribution in [0.2, 0.25) is 0 Å². The number of halogens is 2. The first-order valence-corrected chi connectivity index (χ1v) is 18.1. The largest absolute Gasteiger partial charge is 0.496 e. The van der Waals surface area contributed by atoms with Crippen molar-refractivity contribution in [3.8, 4) is 16.9 Å². The Morgan fingerprint density at radius 2 is 1.76 bits per heavy atom. The number of hydrogen-bond acceptors (Lipinski definition) is 8. The summed E-state index contributed by atoms with van der Waals surface area (Å²) in [4.78, 5) is 51.8. The number of nitrogens with zero attached hydrogens (tertiary/aromatic N) is 1. The average Bonchev–Trinajstić information content (AvgIpc) is 3.32. The summed E-state index contributed by atoms with van der Waals surface area (Å²) in [6.45, 7) is 14.8. The lowest BCUT2D eigenvalue weighted by atomic mass is 9.74. The highest BCUT2D eigenvalue weighted by Gasteiger charge is 2.55. The first-order valence-electron chi connectivity index (χ1n) is 17.3. The summed E-state index contributed by atoms with van der Waals surface area (Å²) in [5, 5.41) is 5.37. The van der Waals surface area contributed by atoms with Crippen molar-refractivity contribution >= 4 is 46.2 Å². The van der Waals surface area contributed by atoms with Crippen molar-refractivity contribution in [3.05, 3.63) is 108 Å². The normalized spacial score (nSPS) is 16.6. The van der Waals surface area contributed by atoms with E-state index in [-0.39, 0.29) is 23.4 Å². The van der Waals surface area contributed by atoms with E-state index in [1.165, 1.54) is 20.2 Å². The molecule has 0 bridgehead atoms. The van der Waals surface area contributed by atoms with Gasteiger partial charge in [-0.05, 0) is 107 Å². The van der Waals surface area contributed by atoms with E-state index in [1.54, 1.807) is 32.9 Å². The summed E-state index contributed by atoms with van der Waals surface area (Å²) in [5.41, 5.74) is 1.47. The number of hydrogen-bond donors (Lipinski definition) is 3. The quantitative estimate of drug-likeness (QED) is 0.173. The van der Waals surface area contributed by atoms with E-state index >= 15 is 4.39 Å². The highest BCUT2D eigenvalue weighted by molar-refractivity contribution is 9.10. The van der Waals surface area contributed by atoms with Crippen molar-refractivity contribution in [1.29, 1.82) is 0 Å². The monoisotopic (exact) mass is 806 g/mol. The fourth-order valence-electron chi connectivity index (χ4n) is 6.29. The minimum Gasteiger partial charge on any atom is -0.496 e. The van der Waals surface area contributed by atoms with Gasteiger partial charge in [-0.2, -0.15) is 0 Å². The second-order valence-corrected chi connectivity index (χ2v) is 15.8. The smallest absolute Gasteiger partial charge is 0.495 e. The van der Waals surface area contributed by atoms with Gasteiger partial charge in [0.1, 0.15) is 22.7 Å². The Bertz CT molecular complexity index is 2250. The van der Waals surface area contributed by atoms with Crippen LogP contribution in [0.3, 0.4) is 0 Å². The molecule has 1 aliphatic rings. The molecule has 3 N–H and O–H groups in total. The van der Waals surface area contributed by atoms with Crippen LogP contribution in [0.25, 0.3) is 11.1 Å². The zero-order valence-electron chi connectivity index (χ0n) is 32.1. The number of rotatable bonds is 9. The zero-order valence-corrected chi connectivity index (χ0v) is 33.7. The molecule has 1 fully saturated rings. The fourth-order valence-corrected chi connectivity index (χ4v) is 6.77. The number of benzene rings is 3. The topological polar surface area (TPSA) is 150 Å². The molecule has 286 valence electrons. The van der Waals surface area contributed by atoms with E-state index in [2.05, 4.69) is 31.5 Å². The molecule has 1 aromatic heterocycles. The second kappa shape index (κ2) is 15.2. The fraction of sp³-hybridized carbons (Fsp3) is 0.385. The number of H-pyrrole nitrogens is 1. The van der Waals surface area contributed by atoms with Gasteiger partial charge in [-0.25, -0.2) is 14.0 Å². The highest BCUT2D eigenvalue weighted by atomic mass is 79.9. The van der Waals surface area contributed by atoms with Crippen molar-refractivity contribution in [3.63, 3.8) is 0 Å². The molecule has 5 rings (SSSR count). The number of ether oxygens (including phenoxy) is 2. The van der Waals surface area contributed by atoms with E-state index in [1.807, 2.05) is 58.9 Å². The maximum Gasteiger partial charge on any atom is 0.495 e. The number of carbonyl (C=O) groups excluding carboxylic acids is 2. The third-order valence-electron chi connectivity index (χ3n) is 9.83. The van der Waals surface area contributed by atoms with Crippen LogP contribution in [0, 0.1) is 19.7 Å². The van der Waals surface area contributed by atoms with Crippen LogP contribution in [0.15, 0.2) is 62.7 Å². The summed E-state index contributed by atoms with van der Waals surface area (Å²) in [5.74, 6) is -0.914. The molecule has 1 atom stereocenters. The van der Waals surface area contributed by atoms with Gasteiger partial charge in [0, 0.05) is 35.4 Å². The molecule has 1 aliphatic heterocycles. The van der Waals surface area contributed by atoms with E-state index in [4.69, 9.17) is 18.8 Å². The Morgan fingerprint density at radius 3 is 2.43 bits per heavy atom. The minimum absolute atomic E-state index is 0.119. The van der Waals surface area contributed by atoms with Gasteiger partial charge in [-0.3, -0.25) is 14.2 Å². The molecule has 2 amide bonds. The van der Waals surface area contributed by atoms with Crippen molar-refractivity contribution in [2.45, 2.75) is 85.2 Å². The maximum atomic E-state index is 15.6.